The Morgan fingerprint density at radius 1 is 1.26 bits per heavy atom. The number of carboxylic acid groups (broad SMARTS) is 1. The fourth-order valence-electron chi connectivity index (χ4n) is 3.86. The topological polar surface area (TPSA) is 66.3 Å². The second-order valence-corrected chi connectivity index (χ2v) is 8.51. The molecule has 0 radical (unpaired) electrons. The molecule has 0 amide bonds. The third-order valence-electron chi connectivity index (χ3n) is 5.05. The number of hydrogen-bond acceptors (Lipinski definition) is 5. The van der Waals surface area contributed by atoms with Crippen molar-refractivity contribution in [1.82, 2.24) is 9.97 Å². The number of rotatable bonds is 4. The smallest absolute Gasteiger partial charge is 0.323 e. The second kappa shape index (κ2) is 7.09. The monoisotopic (exact) mass is 401 g/mol. The number of aryl methyl sites for hydroxylation is 3. The standard InChI is InChI=1S/C20H20ClN3O2S/c1-11-16(14-8-7-12-5-3-4-6-13(12)9-14)17-18(24(2)10-15(25)26)22-20(21)23-19(17)27-11/h7-9H,3-6,10H2,1-2H3,(H,25,26). The van der Waals surface area contributed by atoms with Crippen molar-refractivity contribution in [3.05, 3.63) is 39.5 Å². The number of fused-ring (bicyclic) bond motifs is 2. The van der Waals surface area contributed by atoms with Crippen LogP contribution >= 0.6 is 22.9 Å². The van der Waals surface area contributed by atoms with Crippen LogP contribution < -0.4 is 4.90 Å². The fraction of sp³-hybridized carbons (Fsp3) is 0.350. The molecule has 1 aromatic carbocycles. The lowest BCUT2D eigenvalue weighted by atomic mass is 9.89. The minimum absolute atomic E-state index is 0.132. The van der Waals surface area contributed by atoms with Gasteiger partial charge in [0.2, 0.25) is 5.28 Å². The van der Waals surface area contributed by atoms with Gasteiger partial charge in [0.15, 0.2) is 0 Å². The molecule has 3 aromatic rings. The van der Waals surface area contributed by atoms with Crippen molar-refractivity contribution in [2.24, 2.45) is 0 Å². The number of carboxylic acids is 1. The zero-order valence-electron chi connectivity index (χ0n) is 15.3. The van der Waals surface area contributed by atoms with Gasteiger partial charge in [-0.2, -0.15) is 4.98 Å². The normalized spacial score (nSPS) is 13.6. The Bertz CT molecular complexity index is 1050. The minimum atomic E-state index is -0.914. The van der Waals surface area contributed by atoms with Gasteiger partial charge in [-0.1, -0.05) is 18.2 Å². The molecule has 0 atom stereocenters. The van der Waals surface area contributed by atoms with Crippen molar-refractivity contribution in [3.63, 3.8) is 0 Å². The Morgan fingerprint density at radius 3 is 2.74 bits per heavy atom. The molecule has 0 saturated carbocycles. The van der Waals surface area contributed by atoms with Gasteiger partial charge in [0.05, 0.1) is 5.39 Å². The van der Waals surface area contributed by atoms with E-state index in [2.05, 4.69) is 35.1 Å². The van der Waals surface area contributed by atoms with E-state index < -0.39 is 5.97 Å². The molecule has 0 unspecified atom stereocenters. The molecule has 0 spiro atoms. The van der Waals surface area contributed by atoms with E-state index in [1.807, 2.05) is 0 Å². The van der Waals surface area contributed by atoms with E-state index >= 15 is 0 Å². The van der Waals surface area contributed by atoms with Gasteiger partial charge >= 0.3 is 5.97 Å². The minimum Gasteiger partial charge on any atom is -0.480 e. The van der Waals surface area contributed by atoms with Crippen LogP contribution in [0.4, 0.5) is 5.82 Å². The number of halogens is 1. The highest BCUT2D eigenvalue weighted by Crippen LogP contribution is 2.42. The number of carbonyl (C=O) groups is 1. The molecular weight excluding hydrogens is 382 g/mol. The van der Waals surface area contributed by atoms with Gasteiger partial charge in [-0.25, -0.2) is 4.98 Å². The molecule has 140 valence electrons. The maximum Gasteiger partial charge on any atom is 0.323 e. The van der Waals surface area contributed by atoms with Crippen LogP contribution in [0.1, 0.15) is 28.8 Å². The SMILES string of the molecule is Cc1sc2nc(Cl)nc(N(C)CC(=O)O)c2c1-c1ccc2c(c1)CCCC2. The van der Waals surface area contributed by atoms with Crippen molar-refractivity contribution in [2.45, 2.75) is 32.6 Å². The van der Waals surface area contributed by atoms with Crippen LogP contribution in [0.25, 0.3) is 21.3 Å². The zero-order valence-corrected chi connectivity index (χ0v) is 16.8. The Morgan fingerprint density at radius 2 is 2.00 bits per heavy atom. The Labute approximate surface area is 166 Å². The van der Waals surface area contributed by atoms with Gasteiger partial charge < -0.3 is 10.0 Å². The third kappa shape index (κ3) is 3.39. The van der Waals surface area contributed by atoms with Crippen molar-refractivity contribution in [3.8, 4) is 11.1 Å². The molecule has 0 saturated heterocycles. The summed E-state index contributed by atoms with van der Waals surface area (Å²) >= 11 is 7.68. The van der Waals surface area contributed by atoms with Gasteiger partial charge in [0.25, 0.3) is 0 Å². The molecule has 0 aliphatic heterocycles. The number of benzene rings is 1. The van der Waals surface area contributed by atoms with Gasteiger partial charge in [-0.05, 0) is 60.9 Å². The van der Waals surface area contributed by atoms with Crippen LogP contribution in [0.2, 0.25) is 5.28 Å². The molecule has 5 nitrogen and oxygen atoms in total. The number of aromatic nitrogens is 2. The summed E-state index contributed by atoms with van der Waals surface area (Å²) in [7, 11) is 1.72. The van der Waals surface area contributed by atoms with Gasteiger partial charge in [-0.15, -0.1) is 11.3 Å². The first-order valence-electron chi connectivity index (χ1n) is 8.96. The van der Waals surface area contributed by atoms with Crippen LogP contribution in [0.5, 0.6) is 0 Å². The predicted molar refractivity (Wildman–Crippen MR) is 110 cm³/mol. The van der Waals surface area contributed by atoms with Crippen LogP contribution in [-0.2, 0) is 17.6 Å². The number of aliphatic carboxylic acids is 1. The molecule has 0 bridgehead atoms. The average molecular weight is 402 g/mol. The summed E-state index contributed by atoms with van der Waals surface area (Å²) in [6, 6.07) is 6.66. The zero-order chi connectivity index (χ0) is 19.1. The average Bonchev–Trinajstić information content (AvgIpc) is 2.95. The summed E-state index contributed by atoms with van der Waals surface area (Å²) in [5.74, 6) is -0.355. The number of nitrogens with zero attached hydrogens (tertiary/aromatic N) is 3. The van der Waals surface area contributed by atoms with E-state index in [-0.39, 0.29) is 11.8 Å². The number of anilines is 1. The number of thiophene rings is 1. The maximum atomic E-state index is 11.2. The first kappa shape index (κ1) is 18.2. The lowest BCUT2D eigenvalue weighted by molar-refractivity contribution is -0.135. The molecule has 7 heteroatoms. The lowest BCUT2D eigenvalue weighted by Gasteiger charge is -2.19. The molecule has 27 heavy (non-hydrogen) atoms. The van der Waals surface area contributed by atoms with Gasteiger partial charge in [0.1, 0.15) is 17.2 Å². The fourth-order valence-corrected chi connectivity index (χ4v) is 5.11. The summed E-state index contributed by atoms with van der Waals surface area (Å²) in [6.07, 6.45) is 4.73. The molecule has 2 heterocycles. The van der Waals surface area contributed by atoms with Crippen molar-refractivity contribution in [1.29, 1.82) is 0 Å². The van der Waals surface area contributed by atoms with E-state index in [9.17, 15) is 9.90 Å². The van der Waals surface area contributed by atoms with Crippen LogP contribution in [0.3, 0.4) is 0 Å². The quantitative estimate of drug-likeness (QED) is 0.640. The van der Waals surface area contributed by atoms with E-state index in [4.69, 9.17) is 11.6 Å². The molecule has 1 aliphatic rings. The first-order chi connectivity index (χ1) is 12.9. The highest BCUT2D eigenvalue weighted by Gasteiger charge is 2.22. The Kier molecular flexibility index (Phi) is 4.78. The highest BCUT2D eigenvalue weighted by atomic mass is 35.5. The molecule has 2 aromatic heterocycles. The molecule has 0 fully saturated rings. The van der Waals surface area contributed by atoms with E-state index in [1.54, 1.807) is 23.3 Å². The van der Waals surface area contributed by atoms with E-state index in [0.29, 0.717) is 5.82 Å². The molecular formula is C20H20ClN3O2S. The van der Waals surface area contributed by atoms with Crippen LogP contribution in [0, 0.1) is 6.92 Å². The maximum absolute atomic E-state index is 11.2. The molecule has 1 N–H and O–H groups in total. The summed E-state index contributed by atoms with van der Waals surface area (Å²) in [5.41, 5.74) is 5.06. The summed E-state index contributed by atoms with van der Waals surface area (Å²) in [6.45, 7) is 1.91. The number of hydrogen-bond donors (Lipinski definition) is 1. The molecule has 4 rings (SSSR count). The Hall–Kier alpha value is -2.18. The summed E-state index contributed by atoms with van der Waals surface area (Å²) < 4.78 is 0. The summed E-state index contributed by atoms with van der Waals surface area (Å²) in [5, 5.41) is 10.2. The first-order valence-corrected chi connectivity index (χ1v) is 10.1. The largest absolute Gasteiger partial charge is 0.480 e. The van der Waals surface area contributed by atoms with Crippen molar-refractivity contribution < 1.29 is 9.90 Å². The van der Waals surface area contributed by atoms with Crippen LogP contribution in [0.15, 0.2) is 18.2 Å². The highest BCUT2D eigenvalue weighted by molar-refractivity contribution is 7.19. The van der Waals surface area contributed by atoms with Gasteiger partial charge in [0, 0.05) is 17.5 Å². The summed E-state index contributed by atoms with van der Waals surface area (Å²) in [4.78, 5) is 23.5. The lowest BCUT2D eigenvalue weighted by Crippen LogP contribution is -2.26. The van der Waals surface area contributed by atoms with E-state index in [0.717, 1.165) is 39.1 Å². The van der Waals surface area contributed by atoms with Gasteiger partial charge in [-0.3, -0.25) is 4.79 Å². The molecule has 1 aliphatic carbocycles. The predicted octanol–water partition coefficient (Wildman–Crippen LogP) is 4.72. The van der Waals surface area contributed by atoms with Crippen LogP contribution in [-0.4, -0.2) is 34.6 Å². The Balaban J connectivity index is 1.93. The third-order valence-corrected chi connectivity index (χ3v) is 6.22. The van der Waals surface area contributed by atoms with E-state index in [1.165, 1.54) is 24.0 Å². The number of likely N-dealkylation sites (N-methyl/N-ethyl adjacent to an activating group) is 1. The van der Waals surface area contributed by atoms with Crippen molar-refractivity contribution >= 4 is 44.9 Å². The second-order valence-electron chi connectivity index (χ2n) is 6.97. The van der Waals surface area contributed by atoms with Crippen molar-refractivity contribution in [2.75, 3.05) is 18.5 Å².